The standard InChI is InChI=1S/C46H41ClF9N5O5S2/c1-43(2,68(65,66)29-5-6-29)11-10-27-4-7-30(31-8-9-34(47)38-35(22-67(63,64)44(3)12-13-44)58-60(40(31)38)21-36(50)51)39(57-27)24(14-23-15-25(48)18-26(49)16-23)17-28(62)20-61-42-37(41(59-61)46(54,55)56)32-19-33(32)45(42,52)53/h4,7-9,15-16,18,24,29,32-33,36H,5-6,12-14,17,19-22H2,1-3H3/t24-,32+,33-/m1/s1. The van der Waals surface area contributed by atoms with Crippen LogP contribution in [0.2, 0.25) is 5.02 Å². The normalized spacial score (nSPS) is 20.0. The van der Waals surface area contributed by atoms with E-state index >= 15 is 8.78 Å². The van der Waals surface area contributed by atoms with Crippen molar-refractivity contribution >= 4 is 48.0 Å². The lowest BCUT2D eigenvalue weighted by atomic mass is 9.86. The molecule has 0 N–H and O–H groups in total. The molecular formula is C46H41ClF9N5O5S2. The summed E-state index contributed by atoms with van der Waals surface area (Å²) >= 11 is 6.72. The molecule has 3 fully saturated rings. The maximum Gasteiger partial charge on any atom is 0.435 e. The van der Waals surface area contributed by atoms with Crippen LogP contribution in [0.3, 0.4) is 0 Å². The monoisotopic (exact) mass is 1010 g/mol. The van der Waals surface area contributed by atoms with Gasteiger partial charge in [-0.2, -0.15) is 32.1 Å². The summed E-state index contributed by atoms with van der Waals surface area (Å²) < 4.78 is 185. The molecule has 2 aromatic carbocycles. The van der Waals surface area contributed by atoms with Gasteiger partial charge >= 0.3 is 6.18 Å². The second-order valence-electron chi connectivity index (χ2n) is 18.9. The molecule has 4 aliphatic carbocycles. The van der Waals surface area contributed by atoms with Crippen molar-refractivity contribution in [2.24, 2.45) is 5.92 Å². The fourth-order valence-electron chi connectivity index (χ4n) is 9.32. The van der Waals surface area contributed by atoms with Gasteiger partial charge in [0.1, 0.15) is 40.9 Å². The molecule has 10 nitrogen and oxygen atoms in total. The molecule has 0 aliphatic heterocycles. The van der Waals surface area contributed by atoms with E-state index in [9.17, 15) is 52.4 Å². The van der Waals surface area contributed by atoms with Crippen molar-refractivity contribution in [3.63, 3.8) is 0 Å². The number of nitrogens with zero attached hydrogens (tertiary/aromatic N) is 5. The zero-order valence-electron chi connectivity index (χ0n) is 36.4. The van der Waals surface area contributed by atoms with E-state index in [-0.39, 0.29) is 56.1 Å². The Balaban J connectivity index is 1.22. The van der Waals surface area contributed by atoms with E-state index in [0.29, 0.717) is 36.4 Å². The number of sulfone groups is 2. The Morgan fingerprint density at radius 1 is 0.956 bits per heavy atom. The maximum atomic E-state index is 15.6. The minimum absolute atomic E-state index is 0.00805. The van der Waals surface area contributed by atoms with Crippen molar-refractivity contribution in [1.82, 2.24) is 24.5 Å². The fourth-order valence-corrected chi connectivity index (χ4v) is 13.0. The summed E-state index contributed by atoms with van der Waals surface area (Å²) in [6, 6.07) is 8.00. The smallest absolute Gasteiger partial charge is 0.298 e. The highest BCUT2D eigenvalue weighted by molar-refractivity contribution is 7.94. The van der Waals surface area contributed by atoms with Crippen LogP contribution in [-0.2, 0) is 61.8 Å². The molecule has 4 aliphatic rings. The van der Waals surface area contributed by atoms with Gasteiger partial charge in [-0.1, -0.05) is 23.6 Å². The third kappa shape index (κ3) is 8.60. The molecule has 5 aromatic rings. The van der Waals surface area contributed by atoms with Crippen molar-refractivity contribution in [2.45, 2.75) is 130 Å². The summed E-state index contributed by atoms with van der Waals surface area (Å²) in [6.07, 6.45) is -7.94. The molecule has 0 radical (unpaired) electrons. The molecule has 0 unspecified atom stereocenters. The lowest BCUT2D eigenvalue weighted by Crippen LogP contribution is -2.33. The SMILES string of the molecule is CC1(S(=O)(=O)Cc2nn(CC(F)F)c3c(-c4ccc(C#CC(C)(C)S(=O)(=O)C5CC5)nc4[C@@H](CC(=O)Cn4nc(C(F)(F)F)c5c4C(F)(F)[C@@H]4C[C@H]54)Cc4cc(F)cc(F)c4)ccc(Cl)c23)CC1. The second-order valence-corrected chi connectivity index (χ2v) is 24.6. The lowest BCUT2D eigenvalue weighted by molar-refractivity contribution is -0.142. The zero-order valence-corrected chi connectivity index (χ0v) is 38.8. The van der Waals surface area contributed by atoms with Crippen LogP contribution in [0, 0.1) is 29.4 Å². The van der Waals surface area contributed by atoms with Crippen molar-refractivity contribution in [3.05, 3.63) is 98.7 Å². The van der Waals surface area contributed by atoms with Crippen LogP contribution in [0.1, 0.15) is 111 Å². The van der Waals surface area contributed by atoms with Gasteiger partial charge in [0.2, 0.25) is 0 Å². The topological polar surface area (TPSA) is 134 Å². The van der Waals surface area contributed by atoms with Crippen LogP contribution >= 0.6 is 11.6 Å². The summed E-state index contributed by atoms with van der Waals surface area (Å²) in [5, 5.41) is 7.12. The van der Waals surface area contributed by atoms with Crippen molar-refractivity contribution < 1.29 is 61.1 Å². The van der Waals surface area contributed by atoms with E-state index in [2.05, 4.69) is 22.0 Å². The van der Waals surface area contributed by atoms with Gasteiger partial charge in [0, 0.05) is 46.4 Å². The molecule has 68 heavy (non-hydrogen) atoms. The number of ketones is 1. The Hall–Kier alpha value is -4.94. The summed E-state index contributed by atoms with van der Waals surface area (Å²) in [4.78, 5) is 19.0. The number of alkyl halides is 7. The molecule has 0 saturated heterocycles. The summed E-state index contributed by atoms with van der Waals surface area (Å²) in [5.41, 5.74) is -3.66. The van der Waals surface area contributed by atoms with Crippen LogP contribution in [0.25, 0.3) is 22.0 Å². The predicted octanol–water partition coefficient (Wildman–Crippen LogP) is 9.88. The Labute approximate surface area is 389 Å². The first-order chi connectivity index (χ1) is 31.6. The van der Waals surface area contributed by atoms with Crippen molar-refractivity contribution in [1.29, 1.82) is 0 Å². The number of pyridine rings is 1. The van der Waals surface area contributed by atoms with Crippen LogP contribution in [-0.4, -0.2) is 68.3 Å². The number of aromatic nitrogens is 5. The first-order valence-corrected chi connectivity index (χ1v) is 25.2. The van der Waals surface area contributed by atoms with Crippen molar-refractivity contribution in [3.8, 4) is 23.0 Å². The van der Waals surface area contributed by atoms with Gasteiger partial charge in [-0.05, 0) is 107 Å². The van der Waals surface area contributed by atoms with E-state index in [1.165, 1.54) is 38.1 Å². The van der Waals surface area contributed by atoms with Gasteiger partial charge in [-0.25, -0.2) is 39.4 Å². The molecule has 9 rings (SSSR count). The highest BCUT2D eigenvalue weighted by atomic mass is 35.5. The van der Waals surface area contributed by atoms with Gasteiger partial charge in [0.05, 0.1) is 37.7 Å². The molecule has 0 amide bonds. The predicted molar refractivity (Wildman–Crippen MR) is 232 cm³/mol. The van der Waals surface area contributed by atoms with E-state index in [1.54, 1.807) is 6.92 Å². The quantitative estimate of drug-likeness (QED) is 0.0748. The Morgan fingerprint density at radius 2 is 1.62 bits per heavy atom. The number of benzene rings is 2. The Kier molecular flexibility index (Phi) is 11.5. The summed E-state index contributed by atoms with van der Waals surface area (Å²) in [5.74, 6) is -5.78. The van der Waals surface area contributed by atoms with Crippen LogP contribution in [0.5, 0.6) is 0 Å². The first-order valence-electron chi connectivity index (χ1n) is 21.6. The number of carbonyl (C=O) groups excluding carboxylic acids is 1. The summed E-state index contributed by atoms with van der Waals surface area (Å²) in [7, 11) is -7.67. The molecular weight excluding hydrogens is 973 g/mol. The third-order valence-electron chi connectivity index (χ3n) is 13.4. The number of hydrogen-bond donors (Lipinski definition) is 0. The number of carbonyl (C=O) groups is 1. The molecule has 3 aromatic heterocycles. The number of Topliss-reactive ketones (excluding diaryl/α,β-unsaturated/α-hetero) is 1. The minimum Gasteiger partial charge on any atom is -0.298 e. The zero-order chi connectivity index (χ0) is 49.3. The molecule has 3 saturated carbocycles. The largest absolute Gasteiger partial charge is 0.435 e. The number of fused-ring (bicyclic) bond motifs is 4. The highest BCUT2D eigenvalue weighted by Gasteiger charge is 2.68. The lowest BCUT2D eigenvalue weighted by Gasteiger charge is -2.22. The molecule has 3 atom stereocenters. The number of hydrogen-bond acceptors (Lipinski definition) is 8. The molecule has 0 spiro atoms. The van der Waals surface area contributed by atoms with Crippen LogP contribution in [0.4, 0.5) is 39.5 Å². The molecule has 22 heteroatoms. The van der Waals surface area contributed by atoms with Crippen LogP contribution in [0.15, 0.2) is 42.5 Å². The van der Waals surface area contributed by atoms with Gasteiger partial charge in [-0.3, -0.25) is 14.2 Å². The number of rotatable bonds is 15. The fraction of sp³-hybridized carbons (Fsp3) is 0.478. The highest BCUT2D eigenvalue weighted by Crippen LogP contribution is 2.68. The third-order valence-corrected chi connectivity index (χ3v) is 19.2. The molecule has 3 heterocycles. The van der Waals surface area contributed by atoms with Gasteiger partial charge in [0.25, 0.3) is 12.3 Å². The van der Waals surface area contributed by atoms with E-state index in [4.69, 9.17) is 16.6 Å². The number of halogens is 10. The maximum absolute atomic E-state index is 15.6. The van der Waals surface area contributed by atoms with Gasteiger partial charge in [0.15, 0.2) is 31.2 Å². The van der Waals surface area contributed by atoms with Crippen LogP contribution < -0.4 is 0 Å². The average Bonchev–Trinajstić information content (AvgIpc) is 4.16. The molecule has 362 valence electrons. The van der Waals surface area contributed by atoms with E-state index in [1.807, 2.05) is 0 Å². The molecule has 0 bridgehead atoms. The Morgan fingerprint density at radius 3 is 2.24 bits per heavy atom. The van der Waals surface area contributed by atoms with E-state index in [0.717, 1.165) is 16.8 Å². The second kappa shape index (κ2) is 16.3. The average molecular weight is 1010 g/mol. The van der Waals surface area contributed by atoms with Gasteiger partial charge < -0.3 is 0 Å². The Bertz CT molecular complexity index is 3200. The van der Waals surface area contributed by atoms with Crippen molar-refractivity contribution in [2.75, 3.05) is 0 Å². The summed E-state index contributed by atoms with van der Waals surface area (Å²) in [6.45, 7) is 2.22. The first kappa shape index (κ1) is 48.1. The minimum atomic E-state index is -5.14. The van der Waals surface area contributed by atoms with E-state index < -0.39 is 137 Å². The van der Waals surface area contributed by atoms with Gasteiger partial charge in [-0.15, -0.1) is 0 Å².